The Labute approximate surface area is 232 Å². The number of hydrogen-bond acceptors (Lipinski definition) is 7. The van der Waals surface area contributed by atoms with Gasteiger partial charge in [-0.05, 0) is 64.8 Å². The van der Waals surface area contributed by atoms with Crippen LogP contribution in [0, 0.1) is 17.5 Å². The smallest absolute Gasteiger partial charge is 0.227 e. The Morgan fingerprint density at radius 2 is 1.85 bits per heavy atom. The average Bonchev–Trinajstić information content (AvgIpc) is 2.87. The largest absolute Gasteiger partial charge is 0.481 e. The lowest BCUT2D eigenvalue weighted by molar-refractivity contribution is 0.0967. The number of halogens is 3. The second-order valence-electron chi connectivity index (χ2n) is 11.1. The van der Waals surface area contributed by atoms with Crippen LogP contribution >= 0.6 is 0 Å². The maximum Gasteiger partial charge on any atom is 0.227 e. The maximum atomic E-state index is 15.3. The number of hydrogen-bond donors (Lipinski definition) is 1. The molecular formula is C28H32F3N5O3S. The Morgan fingerprint density at radius 3 is 2.55 bits per heavy atom. The number of nitrogens with zero attached hydrogens (tertiary/aromatic N) is 4. The third-order valence-electron chi connectivity index (χ3n) is 7.01. The van der Waals surface area contributed by atoms with Gasteiger partial charge in [0, 0.05) is 35.9 Å². The summed E-state index contributed by atoms with van der Waals surface area (Å²) in [7, 11) is -3.40. The molecule has 40 heavy (non-hydrogen) atoms. The van der Waals surface area contributed by atoms with Crippen LogP contribution < -0.4 is 15.0 Å². The summed E-state index contributed by atoms with van der Waals surface area (Å²) in [5, 5.41) is 2.85. The van der Waals surface area contributed by atoms with Crippen molar-refractivity contribution < 1.29 is 26.3 Å². The first-order valence-corrected chi connectivity index (χ1v) is 14.8. The molecule has 0 atom stereocenters. The Bertz CT molecular complexity index is 1550. The van der Waals surface area contributed by atoms with Crippen molar-refractivity contribution in [2.45, 2.75) is 58.7 Å². The van der Waals surface area contributed by atoms with E-state index >= 15 is 4.39 Å². The van der Waals surface area contributed by atoms with Gasteiger partial charge in [-0.15, -0.1) is 0 Å². The highest BCUT2D eigenvalue weighted by atomic mass is 32.2. The fourth-order valence-corrected chi connectivity index (χ4v) is 6.59. The molecule has 3 aromatic rings. The third kappa shape index (κ3) is 5.73. The van der Waals surface area contributed by atoms with Gasteiger partial charge >= 0.3 is 0 Å². The Morgan fingerprint density at radius 1 is 1.07 bits per heavy atom. The summed E-state index contributed by atoms with van der Waals surface area (Å²) in [6, 6.07) is 7.13. The molecule has 12 heteroatoms. The highest BCUT2D eigenvalue weighted by Gasteiger charge is 2.35. The highest BCUT2D eigenvalue weighted by molar-refractivity contribution is 7.89. The van der Waals surface area contributed by atoms with Gasteiger partial charge in [0.2, 0.25) is 16.0 Å². The van der Waals surface area contributed by atoms with Crippen molar-refractivity contribution in [1.29, 1.82) is 0 Å². The summed E-state index contributed by atoms with van der Waals surface area (Å²) >= 11 is 0. The lowest BCUT2D eigenvalue weighted by atomic mass is 10.0. The minimum atomic E-state index is -3.40. The van der Waals surface area contributed by atoms with Crippen molar-refractivity contribution in [2.24, 2.45) is 0 Å². The van der Waals surface area contributed by atoms with Gasteiger partial charge in [-0.1, -0.05) is 6.07 Å². The van der Waals surface area contributed by atoms with E-state index < -0.39 is 33.1 Å². The molecule has 0 unspecified atom stereocenters. The Kier molecular flexibility index (Phi) is 7.43. The van der Waals surface area contributed by atoms with Crippen LogP contribution in [0.1, 0.15) is 46.1 Å². The monoisotopic (exact) mass is 575 g/mol. The zero-order chi connectivity index (χ0) is 28.8. The molecule has 5 rings (SSSR count). The fraction of sp³-hybridized carbons (Fsp3) is 0.429. The van der Waals surface area contributed by atoms with Crippen molar-refractivity contribution in [2.75, 3.05) is 29.1 Å². The number of ether oxygens (including phenoxy) is 1. The van der Waals surface area contributed by atoms with E-state index in [-0.39, 0.29) is 46.9 Å². The quantitative estimate of drug-likeness (QED) is 0.409. The molecular weight excluding hydrogens is 543 g/mol. The van der Waals surface area contributed by atoms with Crippen LogP contribution in [0.3, 0.4) is 0 Å². The van der Waals surface area contributed by atoms with E-state index in [1.54, 1.807) is 12.1 Å². The molecule has 0 saturated carbocycles. The van der Waals surface area contributed by atoms with Crippen LogP contribution in [0.5, 0.6) is 5.75 Å². The minimum Gasteiger partial charge on any atom is -0.481 e. The predicted octanol–water partition coefficient (Wildman–Crippen LogP) is 5.62. The summed E-state index contributed by atoms with van der Waals surface area (Å²) in [6.07, 6.45) is 2.30. The topological polar surface area (TPSA) is 87.7 Å². The zero-order valence-corrected chi connectivity index (χ0v) is 23.7. The van der Waals surface area contributed by atoms with Gasteiger partial charge < -0.3 is 15.0 Å². The summed E-state index contributed by atoms with van der Waals surface area (Å²) in [6.45, 7) is 8.56. The van der Waals surface area contributed by atoms with Crippen molar-refractivity contribution in [3.05, 3.63) is 59.5 Å². The molecule has 0 radical (unpaired) electrons. The molecule has 2 aliphatic heterocycles. The van der Waals surface area contributed by atoms with E-state index in [1.165, 1.54) is 22.5 Å². The van der Waals surface area contributed by atoms with Crippen molar-refractivity contribution in [3.8, 4) is 17.0 Å². The molecule has 0 spiro atoms. The van der Waals surface area contributed by atoms with Gasteiger partial charge in [0.15, 0.2) is 17.4 Å². The van der Waals surface area contributed by atoms with Crippen molar-refractivity contribution in [1.82, 2.24) is 14.3 Å². The normalized spacial score (nSPS) is 18.4. The molecule has 1 N–H and O–H groups in total. The number of nitrogens with one attached hydrogen (secondary N) is 1. The highest BCUT2D eigenvalue weighted by Crippen LogP contribution is 2.43. The van der Waals surface area contributed by atoms with Crippen LogP contribution in [0.25, 0.3) is 11.3 Å². The third-order valence-corrected chi connectivity index (χ3v) is 8.92. The molecule has 1 saturated heterocycles. The number of aromatic nitrogens is 2. The molecule has 1 aromatic heterocycles. The van der Waals surface area contributed by atoms with Gasteiger partial charge in [-0.2, -0.15) is 4.31 Å². The summed E-state index contributed by atoms with van der Waals surface area (Å²) in [5.41, 5.74) is 0.506. The summed E-state index contributed by atoms with van der Waals surface area (Å²) < 4.78 is 76.8. The lowest BCUT2D eigenvalue weighted by Crippen LogP contribution is -2.49. The van der Waals surface area contributed by atoms with Gasteiger partial charge in [-0.25, -0.2) is 31.6 Å². The van der Waals surface area contributed by atoms with Crippen LogP contribution in [-0.4, -0.2) is 53.2 Å². The number of anilines is 3. The zero-order valence-electron chi connectivity index (χ0n) is 22.8. The van der Waals surface area contributed by atoms with E-state index in [0.717, 1.165) is 12.6 Å². The first-order valence-electron chi connectivity index (χ1n) is 13.2. The number of sulfonamides is 1. The summed E-state index contributed by atoms with van der Waals surface area (Å²) in [4.78, 5) is 10.2. The lowest BCUT2D eigenvalue weighted by Gasteiger charge is -2.43. The van der Waals surface area contributed by atoms with E-state index in [9.17, 15) is 17.2 Å². The second kappa shape index (κ2) is 10.5. The van der Waals surface area contributed by atoms with Crippen molar-refractivity contribution >= 4 is 27.3 Å². The van der Waals surface area contributed by atoms with Gasteiger partial charge in [-0.3, -0.25) is 0 Å². The second-order valence-corrected chi connectivity index (χ2v) is 13.2. The number of fused-ring (bicyclic) bond motifs is 1. The van der Waals surface area contributed by atoms with E-state index in [2.05, 4.69) is 15.3 Å². The molecule has 3 heterocycles. The molecule has 0 aliphatic carbocycles. The van der Waals surface area contributed by atoms with Gasteiger partial charge in [0.25, 0.3) is 0 Å². The minimum absolute atomic E-state index is 0.0154. The first kappa shape index (κ1) is 28.2. The fourth-order valence-electron chi connectivity index (χ4n) is 5.02. The molecule has 214 valence electrons. The standard InChI is InChI=1S/C28H32F3N5O3S/c1-17(2)36-16-28(3,4)39-26-22(30)11-19(12-24(26)36)25-23(31)14-32-27(34-25)33-20-8-7-18(21(29)13-20)15-35-9-5-6-10-40(35,37)38/h7-8,11-14,17H,5-6,9-10,15-16H2,1-4H3,(H,32,33,34). The van der Waals surface area contributed by atoms with Gasteiger partial charge in [0.1, 0.15) is 17.1 Å². The van der Waals surface area contributed by atoms with Crippen LogP contribution in [0.15, 0.2) is 36.5 Å². The first-order chi connectivity index (χ1) is 18.8. The van der Waals surface area contributed by atoms with Crippen molar-refractivity contribution in [3.63, 3.8) is 0 Å². The maximum absolute atomic E-state index is 15.3. The van der Waals surface area contributed by atoms with E-state index in [4.69, 9.17) is 4.74 Å². The number of rotatable bonds is 6. The SMILES string of the molecule is CC(C)N1CC(C)(C)Oc2c(F)cc(-c3nc(Nc4ccc(CN5CCCCS5(=O)=O)c(F)c4)ncc3F)cc21. The molecule has 1 fully saturated rings. The molecule has 2 aromatic carbocycles. The Hall–Kier alpha value is -3.38. The van der Waals surface area contributed by atoms with Crippen LogP contribution in [-0.2, 0) is 16.6 Å². The summed E-state index contributed by atoms with van der Waals surface area (Å²) in [5.74, 6) is -1.82. The molecule has 0 bridgehead atoms. The van der Waals surface area contributed by atoms with Crippen LogP contribution in [0.4, 0.5) is 30.5 Å². The van der Waals surface area contributed by atoms with E-state index in [0.29, 0.717) is 30.9 Å². The predicted molar refractivity (Wildman–Crippen MR) is 148 cm³/mol. The van der Waals surface area contributed by atoms with E-state index in [1.807, 2.05) is 32.6 Å². The van der Waals surface area contributed by atoms with Crippen LogP contribution in [0.2, 0.25) is 0 Å². The number of benzene rings is 2. The van der Waals surface area contributed by atoms with Gasteiger partial charge in [0.05, 0.1) is 24.2 Å². The molecule has 2 aliphatic rings. The molecule has 8 nitrogen and oxygen atoms in total. The Balaban J connectivity index is 1.41. The molecule has 0 amide bonds. The average molecular weight is 576 g/mol.